The Balaban J connectivity index is 1.38. The summed E-state index contributed by atoms with van der Waals surface area (Å²) in [4.78, 5) is 19.0. The van der Waals surface area contributed by atoms with E-state index in [-0.39, 0.29) is 11.9 Å². The summed E-state index contributed by atoms with van der Waals surface area (Å²) in [6, 6.07) is 6.59. The average Bonchev–Trinajstić information content (AvgIpc) is 2.95. The van der Waals surface area contributed by atoms with Crippen molar-refractivity contribution in [2.45, 2.75) is 57.2 Å². The topological polar surface area (TPSA) is 71.2 Å². The van der Waals surface area contributed by atoms with Gasteiger partial charge in [0.2, 0.25) is 5.91 Å². The fourth-order valence-electron chi connectivity index (χ4n) is 3.80. The number of aromatic nitrogens is 1. The number of pyridine rings is 1. The molecule has 0 bridgehead atoms. The third-order valence-electron chi connectivity index (χ3n) is 5.23. The molecule has 0 aromatic carbocycles. The van der Waals surface area contributed by atoms with Crippen molar-refractivity contribution in [1.82, 2.24) is 15.2 Å². The minimum absolute atomic E-state index is 0.190. The van der Waals surface area contributed by atoms with Crippen LogP contribution in [0.5, 0.6) is 0 Å². The molecule has 126 valence electrons. The summed E-state index contributed by atoms with van der Waals surface area (Å²) < 4.78 is 0. The van der Waals surface area contributed by atoms with Gasteiger partial charge in [-0.3, -0.25) is 14.7 Å². The van der Waals surface area contributed by atoms with Crippen molar-refractivity contribution >= 4 is 5.91 Å². The molecular weight excluding hydrogens is 288 g/mol. The summed E-state index contributed by atoms with van der Waals surface area (Å²) in [7, 11) is 0. The fraction of sp³-hybridized carbons (Fsp3) is 0.667. The second-order valence-electron chi connectivity index (χ2n) is 7.00. The average molecular weight is 316 g/mol. The highest BCUT2D eigenvalue weighted by Gasteiger charge is 2.27. The lowest BCUT2D eigenvalue weighted by Gasteiger charge is -2.32. The number of hydrogen-bond donors (Lipinski definition) is 2. The number of carbonyl (C=O) groups excluding carboxylic acids is 1. The van der Waals surface area contributed by atoms with Gasteiger partial charge in [0, 0.05) is 44.3 Å². The first kappa shape index (κ1) is 16.4. The number of nitrogens with two attached hydrogens (primary N) is 1. The molecule has 1 saturated carbocycles. The van der Waals surface area contributed by atoms with Crippen LogP contribution in [0, 0.1) is 5.92 Å². The van der Waals surface area contributed by atoms with Crippen molar-refractivity contribution in [2.24, 2.45) is 11.7 Å². The minimum Gasteiger partial charge on any atom is -0.353 e. The maximum absolute atomic E-state index is 12.2. The lowest BCUT2D eigenvalue weighted by Crippen LogP contribution is -2.45. The van der Waals surface area contributed by atoms with E-state index in [2.05, 4.69) is 21.3 Å². The third kappa shape index (κ3) is 4.75. The number of hydrogen-bond acceptors (Lipinski definition) is 4. The summed E-state index contributed by atoms with van der Waals surface area (Å²) in [6.45, 7) is 2.94. The Morgan fingerprint density at radius 1 is 1.26 bits per heavy atom. The van der Waals surface area contributed by atoms with Crippen LogP contribution in [0.25, 0.3) is 0 Å². The van der Waals surface area contributed by atoms with E-state index in [1.54, 1.807) is 0 Å². The van der Waals surface area contributed by atoms with Crippen molar-refractivity contribution < 1.29 is 4.79 Å². The van der Waals surface area contributed by atoms with Crippen LogP contribution >= 0.6 is 0 Å². The second-order valence-corrected chi connectivity index (χ2v) is 7.00. The molecule has 0 radical (unpaired) electrons. The molecule has 3 N–H and O–H groups in total. The zero-order chi connectivity index (χ0) is 16.1. The van der Waals surface area contributed by atoms with Crippen LogP contribution in [0.15, 0.2) is 24.4 Å². The molecule has 2 atom stereocenters. The van der Waals surface area contributed by atoms with Crippen LogP contribution in [-0.2, 0) is 11.3 Å². The van der Waals surface area contributed by atoms with Crippen LogP contribution < -0.4 is 11.1 Å². The molecule has 3 rings (SSSR count). The lowest BCUT2D eigenvalue weighted by molar-refractivity contribution is -0.123. The Morgan fingerprint density at radius 2 is 2.09 bits per heavy atom. The van der Waals surface area contributed by atoms with Gasteiger partial charge < -0.3 is 11.1 Å². The molecule has 5 heteroatoms. The van der Waals surface area contributed by atoms with Crippen LogP contribution in [0.4, 0.5) is 0 Å². The first-order valence-electron chi connectivity index (χ1n) is 8.88. The third-order valence-corrected chi connectivity index (χ3v) is 5.23. The zero-order valence-corrected chi connectivity index (χ0v) is 13.8. The summed E-state index contributed by atoms with van der Waals surface area (Å²) in [6.07, 6.45) is 7.85. The van der Waals surface area contributed by atoms with E-state index in [1.165, 1.54) is 6.42 Å². The standard InChI is InChI=1S/C18H28N4O/c19-17-6-3-4-14(17)12-18(23)21-15-7-10-22(11-8-15)13-16-5-1-2-9-20-16/h1-2,5,9,14-15,17H,3-4,6-8,10-13,19H2,(H,21,23)/t14-,17+/m0/s1. The second kappa shape index (κ2) is 7.88. The molecular formula is C18H28N4O. The quantitative estimate of drug-likeness (QED) is 0.867. The zero-order valence-electron chi connectivity index (χ0n) is 13.8. The predicted octanol–water partition coefficient (Wildman–Crippen LogP) is 1.68. The van der Waals surface area contributed by atoms with E-state index in [9.17, 15) is 4.79 Å². The van der Waals surface area contributed by atoms with E-state index in [0.717, 1.165) is 51.0 Å². The summed E-state index contributed by atoms with van der Waals surface area (Å²) in [5.74, 6) is 0.578. The monoisotopic (exact) mass is 316 g/mol. The highest BCUT2D eigenvalue weighted by Crippen LogP contribution is 2.26. The highest BCUT2D eigenvalue weighted by atomic mass is 16.1. The van der Waals surface area contributed by atoms with Crippen molar-refractivity contribution in [3.8, 4) is 0 Å². The molecule has 0 unspecified atom stereocenters. The molecule has 23 heavy (non-hydrogen) atoms. The highest BCUT2D eigenvalue weighted by molar-refractivity contribution is 5.76. The number of piperidine rings is 1. The number of carbonyl (C=O) groups is 1. The van der Waals surface area contributed by atoms with Gasteiger partial charge in [-0.25, -0.2) is 0 Å². The van der Waals surface area contributed by atoms with Gasteiger partial charge in [0.15, 0.2) is 0 Å². The van der Waals surface area contributed by atoms with Gasteiger partial charge in [0.1, 0.15) is 0 Å². The van der Waals surface area contributed by atoms with Crippen molar-refractivity contribution in [1.29, 1.82) is 0 Å². The van der Waals surface area contributed by atoms with E-state index in [4.69, 9.17) is 5.73 Å². The molecule has 5 nitrogen and oxygen atoms in total. The Labute approximate surface area is 138 Å². The number of nitrogens with zero attached hydrogens (tertiary/aromatic N) is 2. The molecule has 2 heterocycles. The smallest absolute Gasteiger partial charge is 0.220 e. The molecule has 1 saturated heterocycles. The van der Waals surface area contributed by atoms with Gasteiger partial charge in [0.05, 0.1) is 5.69 Å². The molecule has 2 aliphatic rings. The molecule has 0 spiro atoms. The van der Waals surface area contributed by atoms with Gasteiger partial charge in [-0.2, -0.15) is 0 Å². The van der Waals surface area contributed by atoms with Crippen molar-refractivity contribution in [2.75, 3.05) is 13.1 Å². The number of amides is 1. The Bertz CT molecular complexity index is 499. The van der Waals surface area contributed by atoms with E-state index in [1.807, 2.05) is 18.3 Å². The van der Waals surface area contributed by atoms with Gasteiger partial charge in [0.25, 0.3) is 0 Å². The van der Waals surface area contributed by atoms with Crippen LogP contribution in [0.1, 0.15) is 44.2 Å². The summed E-state index contributed by atoms with van der Waals surface area (Å²) >= 11 is 0. The van der Waals surface area contributed by atoms with Crippen molar-refractivity contribution in [3.63, 3.8) is 0 Å². The Kier molecular flexibility index (Phi) is 5.62. The largest absolute Gasteiger partial charge is 0.353 e. The number of nitrogens with one attached hydrogen (secondary N) is 1. The predicted molar refractivity (Wildman–Crippen MR) is 90.6 cm³/mol. The van der Waals surface area contributed by atoms with Crippen LogP contribution in [-0.4, -0.2) is 41.0 Å². The molecule has 1 aromatic heterocycles. The molecule has 1 aliphatic carbocycles. The van der Waals surface area contributed by atoms with E-state index < -0.39 is 0 Å². The maximum atomic E-state index is 12.2. The van der Waals surface area contributed by atoms with Crippen LogP contribution in [0.3, 0.4) is 0 Å². The Hall–Kier alpha value is -1.46. The summed E-state index contributed by atoms with van der Waals surface area (Å²) in [5, 5.41) is 3.21. The van der Waals surface area contributed by atoms with Gasteiger partial charge in [-0.05, 0) is 43.7 Å². The molecule has 1 aliphatic heterocycles. The van der Waals surface area contributed by atoms with E-state index in [0.29, 0.717) is 18.4 Å². The fourth-order valence-corrected chi connectivity index (χ4v) is 3.80. The molecule has 1 aromatic rings. The number of rotatable bonds is 5. The first-order chi connectivity index (χ1) is 11.2. The van der Waals surface area contributed by atoms with E-state index >= 15 is 0 Å². The summed E-state index contributed by atoms with van der Waals surface area (Å²) in [5.41, 5.74) is 7.18. The maximum Gasteiger partial charge on any atom is 0.220 e. The normalized spacial score (nSPS) is 26.3. The van der Waals surface area contributed by atoms with Crippen LogP contribution in [0.2, 0.25) is 0 Å². The van der Waals surface area contributed by atoms with Gasteiger partial charge >= 0.3 is 0 Å². The lowest BCUT2D eigenvalue weighted by atomic mass is 9.98. The SMILES string of the molecule is N[C@@H]1CCC[C@H]1CC(=O)NC1CCN(Cc2ccccn2)CC1. The van der Waals surface area contributed by atoms with Gasteiger partial charge in [-0.15, -0.1) is 0 Å². The number of likely N-dealkylation sites (tertiary alicyclic amines) is 1. The van der Waals surface area contributed by atoms with Crippen molar-refractivity contribution in [3.05, 3.63) is 30.1 Å². The van der Waals surface area contributed by atoms with Gasteiger partial charge in [-0.1, -0.05) is 12.5 Å². The Morgan fingerprint density at radius 3 is 2.74 bits per heavy atom. The first-order valence-corrected chi connectivity index (χ1v) is 8.88. The minimum atomic E-state index is 0.190. The molecule has 2 fully saturated rings. The molecule has 1 amide bonds.